The van der Waals surface area contributed by atoms with Crippen LogP contribution in [0, 0.1) is 5.82 Å². The number of imide groups is 1. The highest BCUT2D eigenvalue weighted by atomic mass is 32.2. The summed E-state index contributed by atoms with van der Waals surface area (Å²) in [6, 6.07) is 5.90. The Morgan fingerprint density at radius 2 is 1.96 bits per heavy atom. The second-order valence-electron chi connectivity index (χ2n) is 7.30. The molecule has 1 atom stereocenters. The molecule has 3 aliphatic rings. The van der Waals surface area contributed by atoms with Gasteiger partial charge in [-0.05, 0) is 18.9 Å². The fourth-order valence-corrected chi connectivity index (χ4v) is 5.50. The molecule has 3 fully saturated rings. The summed E-state index contributed by atoms with van der Waals surface area (Å²) in [7, 11) is 0. The predicted octanol–water partition coefficient (Wildman–Crippen LogP) is 2.65. The Hall–Kier alpha value is -2.09. The lowest BCUT2D eigenvalue weighted by molar-refractivity contribution is -0.139. The Bertz CT molecular complexity index is 781. The van der Waals surface area contributed by atoms with Gasteiger partial charge in [-0.15, -0.1) is 11.8 Å². The van der Waals surface area contributed by atoms with Gasteiger partial charge < -0.3 is 10.2 Å². The summed E-state index contributed by atoms with van der Waals surface area (Å²) in [4.78, 5) is 40.7. The van der Waals surface area contributed by atoms with Gasteiger partial charge in [0.15, 0.2) is 0 Å². The molecule has 0 aromatic heterocycles. The Morgan fingerprint density at radius 3 is 2.70 bits per heavy atom. The third kappa shape index (κ3) is 3.20. The summed E-state index contributed by atoms with van der Waals surface area (Å²) in [5.74, 6) is -0.292. The second-order valence-corrected chi connectivity index (χ2v) is 8.48. The Labute approximate surface area is 161 Å². The van der Waals surface area contributed by atoms with E-state index in [0.29, 0.717) is 30.7 Å². The van der Waals surface area contributed by atoms with Crippen LogP contribution >= 0.6 is 11.8 Å². The molecule has 2 heterocycles. The Kier molecular flexibility index (Phi) is 4.84. The van der Waals surface area contributed by atoms with E-state index in [9.17, 15) is 18.8 Å². The van der Waals surface area contributed by atoms with Crippen LogP contribution in [0.4, 0.5) is 9.18 Å². The highest BCUT2D eigenvalue weighted by Gasteiger charge is 2.52. The van der Waals surface area contributed by atoms with Crippen molar-refractivity contribution in [2.75, 3.05) is 18.8 Å². The molecule has 1 aromatic carbocycles. The number of nitrogens with one attached hydrogen (secondary N) is 1. The predicted molar refractivity (Wildman–Crippen MR) is 99.4 cm³/mol. The number of benzene rings is 1. The maximum Gasteiger partial charge on any atom is 0.325 e. The maximum atomic E-state index is 14.2. The minimum Gasteiger partial charge on any atom is -0.324 e. The van der Waals surface area contributed by atoms with Crippen LogP contribution in [0.5, 0.6) is 0 Å². The molecule has 1 unspecified atom stereocenters. The lowest BCUT2D eigenvalue weighted by atomic mass is 9.82. The van der Waals surface area contributed by atoms with Gasteiger partial charge in [-0.3, -0.25) is 14.5 Å². The van der Waals surface area contributed by atoms with Gasteiger partial charge in [0.25, 0.3) is 5.91 Å². The first-order valence-electron chi connectivity index (χ1n) is 9.31. The molecule has 144 valence electrons. The number of hydrogen-bond donors (Lipinski definition) is 1. The zero-order chi connectivity index (χ0) is 19.0. The van der Waals surface area contributed by atoms with Crippen molar-refractivity contribution in [1.82, 2.24) is 15.1 Å². The number of rotatable bonds is 3. The minimum atomic E-state index is -0.833. The molecule has 27 heavy (non-hydrogen) atoms. The van der Waals surface area contributed by atoms with Crippen LogP contribution in [0.2, 0.25) is 0 Å². The van der Waals surface area contributed by atoms with Gasteiger partial charge >= 0.3 is 6.03 Å². The molecule has 0 radical (unpaired) electrons. The van der Waals surface area contributed by atoms with Crippen molar-refractivity contribution in [3.63, 3.8) is 0 Å². The molecular formula is C19H22FN3O3S. The average molecular weight is 391 g/mol. The number of thioether (sulfide) groups is 1. The zero-order valence-corrected chi connectivity index (χ0v) is 15.8. The number of hydrogen-bond acceptors (Lipinski definition) is 4. The summed E-state index contributed by atoms with van der Waals surface area (Å²) < 4.78 is 14.2. The smallest absolute Gasteiger partial charge is 0.324 e. The third-order valence-electron chi connectivity index (χ3n) is 5.63. The quantitative estimate of drug-likeness (QED) is 0.805. The van der Waals surface area contributed by atoms with Crippen molar-refractivity contribution in [1.29, 1.82) is 0 Å². The number of carbonyl (C=O) groups is 3. The van der Waals surface area contributed by atoms with E-state index in [2.05, 4.69) is 5.32 Å². The van der Waals surface area contributed by atoms with Crippen LogP contribution in [0.3, 0.4) is 0 Å². The van der Waals surface area contributed by atoms with Crippen LogP contribution in [0.1, 0.15) is 43.0 Å². The molecule has 1 aromatic rings. The lowest BCUT2D eigenvalue weighted by Gasteiger charge is -2.30. The SMILES string of the molecule is O=C1NC2(CCCCC2)C(=O)N1CC(=O)N1CCSC1c1ccccc1F. The fraction of sp³-hybridized carbons (Fsp3) is 0.526. The summed E-state index contributed by atoms with van der Waals surface area (Å²) in [5, 5.41) is 2.39. The van der Waals surface area contributed by atoms with Crippen LogP contribution in [0.25, 0.3) is 0 Å². The third-order valence-corrected chi connectivity index (χ3v) is 6.87. The number of urea groups is 1. The average Bonchev–Trinajstić information content (AvgIpc) is 3.23. The number of amides is 4. The summed E-state index contributed by atoms with van der Waals surface area (Å²) >= 11 is 1.49. The first-order valence-corrected chi connectivity index (χ1v) is 10.4. The van der Waals surface area contributed by atoms with Gasteiger partial charge in [-0.25, -0.2) is 9.18 Å². The van der Waals surface area contributed by atoms with Crippen molar-refractivity contribution in [2.24, 2.45) is 0 Å². The van der Waals surface area contributed by atoms with E-state index < -0.39 is 16.9 Å². The molecule has 1 N–H and O–H groups in total. The van der Waals surface area contributed by atoms with Gasteiger partial charge in [0.05, 0.1) is 0 Å². The van der Waals surface area contributed by atoms with E-state index >= 15 is 0 Å². The summed E-state index contributed by atoms with van der Waals surface area (Å²) in [6.45, 7) is 0.176. The zero-order valence-electron chi connectivity index (χ0n) is 14.9. The van der Waals surface area contributed by atoms with Gasteiger partial charge in [-0.1, -0.05) is 37.5 Å². The molecule has 1 aliphatic carbocycles. The lowest BCUT2D eigenvalue weighted by Crippen LogP contribution is -2.49. The van der Waals surface area contributed by atoms with E-state index in [4.69, 9.17) is 0 Å². The minimum absolute atomic E-state index is 0.294. The standard InChI is InChI=1S/C19H22FN3O3S/c20-14-7-3-2-6-13(14)16-22(10-11-27-16)15(24)12-23-17(25)19(21-18(23)26)8-4-1-5-9-19/h2-3,6-7,16H,1,4-5,8-12H2,(H,21,26). The largest absolute Gasteiger partial charge is 0.325 e. The molecule has 0 bridgehead atoms. The molecule has 1 spiro atoms. The van der Waals surface area contributed by atoms with Crippen molar-refractivity contribution >= 4 is 29.6 Å². The normalized spacial score (nSPS) is 24.6. The maximum absolute atomic E-state index is 14.2. The highest BCUT2D eigenvalue weighted by Crippen LogP contribution is 2.39. The van der Waals surface area contributed by atoms with Crippen LogP contribution in [0.15, 0.2) is 24.3 Å². The molecule has 6 nitrogen and oxygen atoms in total. The Balaban J connectivity index is 1.49. The van der Waals surface area contributed by atoms with Crippen LogP contribution in [-0.2, 0) is 9.59 Å². The summed E-state index contributed by atoms with van der Waals surface area (Å²) in [6.07, 6.45) is 4.09. The van der Waals surface area contributed by atoms with E-state index in [1.807, 2.05) is 0 Å². The van der Waals surface area contributed by atoms with E-state index in [-0.39, 0.29) is 24.2 Å². The molecule has 2 aliphatic heterocycles. The molecule has 1 saturated carbocycles. The number of halogens is 1. The summed E-state index contributed by atoms with van der Waals surface area (Å²) in [5.41, 5.74) is -0.380. The molecule has 2 saturated heterocycles. The highest BCUT2D eigenvalue weighted by molar-refractivity contribution is 7.99. The van der Waals surface area contributed by atoms with Gasteiger partial charge in [0, 0.05) is 17.9 Å². The van der Waals surface area contributed by atoms with Gasteiger partial charge in [0.2, 0.25) is 5.91 Å². The van der Waals surface area contributed by atoms with Crippen LogP contribution < -0.4 is 5.32 Å². The second kappa shape index (κ2) is 7.14. The van der Waals surface area contributed by atoms with Crippen molar-refractivity contribution in [2.45, 2.75) is 43.0 Å². The first kappa shape index (κ1) is 18.3. The van der Waals surface area contributed by atoms with Gasteiger partial charge in [0.1, 0.15) is 23.3 Å². The number of carbonyl (C=O) groups excluding carboxylic acids is 3. The topological polar surface area (TPSA) is 69.7 Å². The van der Waals surface area contributed by atoms with Crippen molar-refractivity contribution in [3.8, 4) is 0 Å². The van der Waals surface area contributed by atoms with Crippen LogP contribution in [-0.4, -0.2) is 52.0 Å². The first-order chi connectivity index (χ1) is 13.0. The molecule has 4 rings (SSSR count). The van der Waals surface area contributed by atoms with Crippen molar-refractivity contribution in [3.05, 3.63) is 35.6 Å². The van der Waals surface area contributed by atoms with Gasteiger partial charge in [-0.2, -0.15) is 0 Å². The fourth-order valence-electron chi connectivity index (χ4n) is 4.20. The molecule has 8 heteroatoms. The monoisotopic (exact) mass is 391 g/mol. The number of nitrogens with zero attached hydrogens (tertiary/aromatic N) is 2. The van der Waals surface area contributed by atoms with Crippen molar-refractivity contribution < 1.29 is 18.8 Å². The van der Waals surface area contributed by atoms with E-state index in [1.54, 1.807) is 23.1 Å². The Morgan fingerprint density at radius 1 is 1.22 bits per heavy atom. The van der Waals surface area contributed by atoms with E-state index in [1.165, 1.54) is 17.8 Å². The van der Waals surface area contributed by atoms with E-state index in [0.717, 1.165) is 24.2 Å². The molecular weight excluding hydrogens is 369 g/mol. The molecule has 4 amide bonds.